The third-order valence-electron chi connectivity index (χ3n) is 2.89. The van der Waals surface area contributed by atoms with Gasteiger partial charge in [-0.3, -0.25) is 4.68 Å². The van der Waals surface area contributed by atoms with Crippen LogP contribution in [0.5, 0.6) is 5.75 Å². The van der Waals surface area contributed by atoms with Crippen LogP contribution in [-0.4, -0.2) is 9.78 Å². The Labute approximate surface area is 111 Å². The van der Waals surface area contributed by atoms with Crippen molar-refractivity contribution in [2.24, 2.45) is 7.05 Å². The number of hydrogen-bond donors (Lipinski definition) is 1. The maximum Gasteiger partial charge on any atom is 0.133 e. The van der Waals surface area contributed by atoms with E-state index in [1.54, 1.807) is 4.68 Å². The molecule has 5 heteroatoms. The minimum absolute atomic E-state index is 0.405. The van der Waals surface area contributed by atoms with Crippen LogP contribution in [0.4, 0.5) is 5.69 Å². The monoisotopic (exact) mass is 265 g/mol. The number of nitrogen functional groups attached to an aromatic ring is 1. The summed E-state index contributed by atoms with van der Waals surface area (Å²) >= 11 is 6.14. The first-order chi connectivity index (χ1) is 8.49. The second-order valence-corrected chi connectivity index (χ2v) is 4.64. The summed E-state index contributed by atoms with van der Waals surface area (Å²) in [4.78, 5) is 0. The second kappa shape index (κ2) is 4.90. The molecule has 0 fully saturated rings. The molecule has 0 saturated carbocycles. The molecule has 0 saturated heterocycles. The number of halogens is 1. The molecule has 0 aliphatic heterocycles. The summed E-state index contributed by atoms with van der Waals surface area (Å²) < 4.78 is 7.35. The largest absolute Gasteiger partial charge is 0.489 e. The van der Waals surface area contributed by atoms with Crippen molar-refractivity contribution in [3.63, 3.8) is 0 Å². The Hall–Kier alpha value is -1.68. The fourth-order valence-corrected chi connectivity index (χ4v) is 1.96. The van der Waals surface area contributed by atoms with E-state index in [2.05, 4.69) is 5.10 Å². The highest BCUT2D eigenvalue weighted by molar-refractivity contribution is 6.30. The predicted octanol–water partition coefficient (Wildman–Crippen LogP) is 2.85. The van der Waals surface area contributed by atoms with Crippen molar-refractivity contribution < 1.29 is 4.74 Å². The predicted molar refractivity (Wildman–Crippen MR) is 72.9 cm³/mol. The molecule has 2 N–H and O–H groups in total. The van der Waals surface area contributed by atoms with E-state index in [9.17, 15) is 0 Å². The Morgan fingerprint density at radius 2 is 2.11 bits per heavy atom. The summed E-state index contributed by atoms with van der Waals surface area (Å²) in [7, 11) is 1.81. The van der Waals surface area contributed by atoms with E-state index in [1.807, 2.05) is 39.1 Å². The second-order valence-electron chi connectivity index (χ2n) is 4.29. The van der Waals surface area contributed by atoms with Gasteiger partial charge in [0.05, 0.1) is 5.69 Å². The van der Waals surface area contributed by atoms with Gasteiger partial charge in [0.15, 0.2) is 0 Å². The zero-order valence-corrected chi connectivity index (χ0v) is 11.5. The fourth-order valence-electron chi connectivity index (χ4n) is 1.73. The Kier molecular flexibility index (Phi) is 3.48. The Morgan fingerprint density at radius 3 is 2.67 bits per heavy atom. The molecule has 1 heterocycles. The molecule has 0 aliphatic rings. The van der Waals surface area contributed by atoms with Gasteiger partial charge in [0.2, 0.25) is 0 Å². The molecular formula is C13H16ClN3O. The third kappa shape index (κ3) is 2.43. The summed E-state index contributed by atoms with van der Waals surface area (Å²) in [6, 6.07) is 5.60. The average molecular weight is 266 g/mol. The Balaban J connectivity index is 2.14. The molecule has 1 aromatic carbocycles. The van der Waals surface area contributed by atoms with Crippen LogP contribution >= 0.6 is 11.6 Å². The van der Waals surface area contributed by atoms with Crippen LogP contribution in [-0.2, 0) is 13.7 Å². The van der Waals surface area contributed by atoms with Crippen LogP contribution in [0.2, 0.25) is 5.15 Å². The van der Waals surface area contributed by atoms with Gasteiger partial charge >= 0.3 is 0 Å². The van der Waals surface area contributed by atoms with E-state index in [4.69, 9.17) is 22.1 Å². The number of ether oxygens (including phenoxy) is 1. The van der Waals surface area contributed by atoms with Crippen LogP contribution in [0.15, 0.2) is 18.2 Å². The van der Waals surface area contributed by atoms with Crippen LogP contribution in [0.3, 0.4) is 0 Å². The lowest BCUT2D eigenvalue weighted by atomic mass is 10.2. The first-order valence-electron chi connectivity index (χ1n) is 5.66. The maximum atomic E-state index is 6.14. The standard InChI is InChI=1S/C13H16ClN3O/c1-8-6-10(4-5-12(8)15)18-7-11-9(2)16-17(3)13(11)14/h4-6H,7,15H2,1-3H3. The molecule has 18 heavy (non-hydrogen) atoms. The fraction of sp³-hybridized carbons (Fsp3) is 0.308. The highest BCUT2D eigenvalue weighted by Gasteiger charge is 2.11. The lowest BCUT2D eigenvalue weighted by Gasteiger charge is -2.08. The third-order valence-corrected chi connectivity index (χ3v) is 3.37. The number of anilines is 1. The van der Waals surface area contributed by atoms with E-state index in [0.717, 1.165) is 28.3 Å². The highest BCUT2D eigenvalue weighted by Crippen LogP contribution is 2.23. The lowest BCUT2D eigenvalue weighted by molar-refractivity contribution is 0.305. The molecule has 2 aromatic rings. The summed E-state index contributed by atoms with van der Waals surface area (Å²) in [5.41, 5.74) is 9.32. The molecule has 96 valence electrons. The van der Waals surface area contributed by atoms with Crippen molar-refractivity contribution in [2.45, 2.75) is 20.5 Å². The first kappa shape index (κ1) is 12.8. The van der Waals surface area contributed by atoms with Crippen molar-refractivity contribution in [2.75, 3.05) is 5.73 Å². The topological polar surface area (TPSA) is 53.1 Å². The van der Waals surface area contributed by atoms with Gasteiger partial charge in [0.1, 0.15) is 17.5 Å². The summed E-state index contributed by atoms with van der Waals surface area (Å²) in [5.74, 6) is 0.779. The van der Waals surface area contributed by atoms with Gasteiger partial charge in [-0.05, 0) is 37.6 Å². The SMILES string of the molecule is Cc1cc(OCc2c(C)nn(C)c2Cl)ccc1N. The molecule has 0 bridgehead atoms. The number of hydrogen-bond acceptors (Lipinski definition) is 3. The minimum atomic E-state index is 0.405. The van der Waals surface area contributed by atoms with Crippen molar-refractivity contribution in [3.05, 3.63) is 40.2 Å². The number of aryl methyl sites for hydroxylation is 3. The van der Waals surface area contributed by atoms with Crippen molar-refractivity contribution in [3.8, 4) is 5.75 Å². The van der Waals surface area contributed by atoms with E-state index < -0.39 is 0 Å². The van der Waals surface area contributed by atoms with Crippen LogP contribution < -0.4 is 10.5 Å². The minimum Gasteiger partial charge on any atom is -0.489 e. The number of aromatic nitrogens is 2. The molecule has 2 rings (SSSR count). The normalized spacial score (nSPS) is 10.7. The molecule has 1 aromatic heterocycles. The van der Waals surface area contributed by atoms with Crippen LogP contribution in [0.1, 0.15) is 16.8 Å². The van der Waals surface area contributed by atoms with Gasteiger partial charge in [-0.15, -0.1) is 0 Å². The van der Waals surface area contributed by atoms with E-state index in [0.29, 0.717) is 11.8 Å². The summed E-state index contributed by atoms with van der Waals surface area (Å²) in [6.07, 6.45) is 0. The summed E-state index contributed by atoms with van der Waals surface area (Å²) in [6.45, 7) is 4.27. The molecule has 0 amide bonds. The lowest BCUT2D eigenvalue weighted by Crippen LogP contribution is -1.98. The molecular weight excluding hydrogens is 250 g/mol. The van der Waals surface area contributed by atoms with Gasteiger partial charge < -0.3 is 10.5 Å². The van der Waals surface area contributed by atoms with Gasteiger partial charge in [0, 0.05) is 18.3 Å². The summed E-state index contributed by atoms with van der Waals surface area (Å²) in [5, 5.41) is 4.85. The van der Waals surface area contributed by atoms with Crippen LogP contribution in [0, 0.1) is 13.8 Å². The quantitative estimate of drug-likeness (QED) is 0.869. The first-order valence-corrected chi connectivity index (χ1v) is 6.03. The molecule has 0 aliphatic carbocycles. The molecule has 0 radical (unpaired) electrons. The van der Waals surface area contributed by atoms with E-state index in [-0.39, 0.29) is 0 Å². The van der Waals surface area contributed by atoms with Gasteiger partial charge in [-0.2, -0.15) is 5.10 Å². The van der Waals surface area contributed by atoms with Crippen molar-refractivity contribution in [1.82, 2.24) is 9.78 Å². The van der Waals surface area contributed by atoms with Crippen LogP contribution in [0.25, 0.3) is 0 Å². The maximum absolute atomic E-state index is 6.14. The molecule has 0 spiro atoms. The van der Waals surface area contributed by atoms with E-state index >= 15 is 0 Å². The molecule has 0 atom stereocenters. The number of rotatable bonds is 3. The zero-order valence-electron chi connectivity index (χ0n) is 10.7. The van der Waals surface area contributed by atoms with Crippen molar-refractivity contribution in [1.29, 1.82) is 0 Å². The van der Waals surface area contributed by atoms with Gasteiger partial charge in [-0.25, -0.2) is 0 Å². The average Bonchev–Trinajstić information content (AvgIpc) is 2.56. The smallest absolute Gasteiger partial charge is 0.133 e. The number of nitrogens with two attached hydrogens (primary N) is 1. The van der Waals surface area contributed by atoms with E-state index in [1.165, 1.54) is 0 Å². The number of nitrogens with zero attached hydrogens (tertiary/aromatic N) is 2. The Bertz CT molecular complexity index is 578. The van der Waals surface area contributed by atoms with Gasteiger partial charge in [-0.1, -0.05) is 11.6 Å². The molecule has 0 unspecified atom stereocenters. The van der Waals surface area contributed by atoms with Gasteiger partial charge in [0.25, 0.3) is 0 Å². The number of benzene rings is 1. The zero-order chi connectivity index (χ0) is 13.3. The van der Waals surface area contributed by atoms with Crippen molar-refractivity contribution >= 4 is 17.3 Å². The highest BCUT2D eigenvalue weighted by atomic mass is 35.5. The Morgan fingerprint density at radius 1 is 1.39 bits per heavy atom. The molecule has 4 nitrogen and oxygen atoms in total.